The Morgan fingerprint density at radius 1 is 1.31 bits per heavy atom. The van der Waals surface area contributed by atoms with Crippen molar-refractivity contribution >= 4 is 34.4 Å². The molecule has 1 aromatic carbocycles. The first kappa shape index (κ1) is 20.4. The summed E-state index contributed by atoms with van der Waals surface area (Å²) in [7, 11) is 0. The lowest BCUT2D eigenvalue weighted by Gasteiger charge is -2.06. The minimum Gasteiger partial charge on any atom is -0.457 e. The maximum atomic E-state index is 12.5. The summed E-state index contributed by atoms with van der Waals surface area (Å²) in [5.41, 5.74) is 2.99. The predicted octanol–water partition coefficient (Wildman–Crippen LogP) is 3.12. The summed E-state index contributed by atoms with van der Waals surface area (Å²) in [5.74, 6) is -1.04. The molecule has 0 aliphatic heterocycles. The smallest absolute Gasteiger partial charge is 0.316 e. The third-order valence-electron chi connectivity index (χ3n) is 4.50. The summed E-state index contributed by atoms with van der Waals surface area (Å²) < 4.78 is 5.09. The number of Topliss-reactive ketones (excluding diaryl/α,β-unsaturated/α-hetero) is 1. The molecule has 29 heavy (non-hydrogen) atoms. The number of aromatic nitrogens is 2. The van der Waals surface area contributed by atoms with Gasteiger partial charge in [0.2, 0.25) is 11.3 Å². The zero-order chi connectivity index (χ0) is 21.0. The minimum atomic E-state index is -0.608. The number of nitrogens with one attached hydrogen (secondary N) is 2. The lowest BCUT2D eigenvalue weighted by molar-refractivity contribution is -0.139. The van der Waals surface area contributed by atoms with Gasteiger partial charge in [0, 0.05) is 28.7 Å². The van der Waals surface area contributed by atoms with Gasteiger partial charge in [0.1, 0.15) is 6.07 Å². The molecule has 0 unspecified atom stereocenters. The van der Waals surface area contributed by atoms with Gasteiger partial charge in [0.25, 0.3) is 0 Å². The largest absolute Gasteiger partial charge is 0.457 e. The quantitative estimate of drug-likeness (QED) is 0.352. The molecule has 0 amide bonds. The van der Waals surface area contributed by atoms with Gasteiger partial charge in [-0.2, -0.15) is 5.26 Å². The van der Waals surface area contributed by atoms with Crippen molar-refractivity contribution < 1.29 is 14.3 Å². The van der Waals surface area contributed by atoms with Crippen LogP contribution in [0.1, 0.15) is 34.0 Å². The van der Waals surface area contributed by atoms with Crippen LogP contribution < -0.4 is 5.56 Å². The summed E-state index contributed by atoms with van der Waals surface area (Å²) in [6.45, 7) is 3.31. The van der Waals surface area contributed by atoms with Crippen LogP contribution in [0.3, 0.4) is 0 Å². The Balaban J connectivity index is 1.63. The molecule has 0 fully saturated rings. The number of carbonyl (C=O) groups excluding carboxylic acids is 2. The van der Waals surface area contributed by atoms with Crippen molar-refractivity contribution in [2.75, 3.05) is 12.4 Å². The van der Waals surface area contributed by atoms with Crippen molar-refractivity contribution in [3.63, 3.8) is 0 Å². The summed E-state index contributed by atoms with van der Waals surface area (Å²) in [6, 6.07) is 9.08. The first-order valence-corrected chi connectivity index (χ1v) is 9.97. The van der Waals surface area contributed by atoms with Gasteiger partial charge < -0.3 is 14.7 Å². The molecule has 0 atom stereocenters. The Kier molecular flexibility index (Phi) is 6.20. The third-order valence-corrected chi connectivity index (χ3v) is 5.47. The van der Waals surface area contributed by atoms with E-state index in [0.29, 0.717) is 21.7 Å². The Hall–Kier alpha value is -3.31. The SMILES string of the molecule is CCc1cccc2c(C(=O)COC(=O)CSc3[nH]c(=O)cc(C)c3C#N)c[nH]c12. The van der Waals surface area contributed by atoms with E-state index < -0.39 is 5.97 Å². The Labute approximate surface area is 171 Å². The van der Waals surface area contributed by atoms with Gasteiger partial charge in [0.15, 0.2) is 6.61 Å². The van der Waals surface area contributed by atoms with Gasteiger partial charge in [-0.15, -0.1) is 0 Å². The maximum Gasteiger partial charge on any atom is 0.316 e. The zero-order valence-electron chi connectivity index (χ0n) is 16.0. The molecular weight excluding hydrogens is 390 g/mol. The van der Waals surface area contributed by atoms with Gasteiger partial charge >= 0.3 is 5.97 Å². The van der Waals surface area contributed by atoms with Crippen molar-refractivity contribution in [1.29, 1.82) is 5.26 Å². The molecule has 0 saturated heterocycles. The number of carbonyl (C=O) groups is 2. The van der Waals surface area contributed by atoms with E-state index in [1.165, 1.54) is 6.07 Å². The van der Waals surface area contributed by atoms with Gasteiger partial charge in [-0.05, 0) is 24.5 Å². The fraction of sp³-hybridized carbons (Fsp3) is 0.238. The molecule has 0 aliphatic carbocycles. The number of benzene rings is 1. The molecule has 0 bridgehead atoms. The predicted molar refractivity (Wildman–Crippen MR) is 110 cm³/mol. The van der Waals surface area contributed by atoms with E-state index >= 15 is 0 Å². The lowest BCUT2D eigenvalue weighted by atomic mass is 10.1. The molecule has 2 N–H and O–H groups in total. The van der Waals surface area contributed by atoms with Crippen LogP contribution in [-0.2, 0) is 16.0 Å². The Bertz CT molecular complexity index is 1190. The number of esters is 1. The zero-order valence-corrected chi connectivity index (χ0v) is 16.8. The molecule has 0 aliphatic rings. The van der Waals surface area contributed by atoms with E-state index in [-0.39, 0.29) is 23.7 Å². The van der Waals surface area contributed by atoms with Crippen LogP contribution in [0.25, 0.3) is 10.9 Å². The summed E-state index contributed by atoms with van der Waals surface area (Å²) in [4.78, 5) is 41.8. The van der Waals surface area contributed by atoms with E-state index in [9.17, 15) is 19.6 Å². The number of ether oxygens (including phenoxy) is 1. The summed E-state index contributed by atoms with van der Waals surface area (Å²) in [5, 5.41) is 10.3. The lowest BCUT2D eigenvalue weighted by Crippen LogP contribution is -2.16. The first-order valence-electron chi connectivity index (χ1n) is 8.99. The monoisotopic (exact) mass is 409 g/mol. The molecule has 3 aromatic rings. The second kappa shape index (κ2) is 8.80. The van der Waals surface area contributed by atoms with Crippen LogP contribution in [0.5, 0.6) is 0 Å². The summed E-state index contributed by atoms with van der Waals surface area (Å²) in [6.07, 6.45) is 2.47. The number of thioether (sulfide) groups is 1. The minimum absolute atomic E-state index is 0.130. The highest BCUT2D eigenvalue weighted by Gasteiger charge is 2.16. The van der Waals surface area contributed by atoms with E-state index in [1.807, 2.05) is 31.2 Å². The van der Waals surface area contributed by atoms with Crippen molar-refractivity contribution in [3.8, 4) is 6.07 Å². The maximum absolute atomic E-state index is 12.5. The van der Waals surface area contributed by atoms with Gasteiger partial charge in [-0.3, -0.25) is 14.4 Å². The van der Waals surface area contributed by atoms with Crippen molar-refractivity contribution in [2.45, 2.75) is 25.3 Å². The average molecular weight is 409 g/mol. The Morgan fingerprint density at radius 3 is 2.83 bits per heavy atom. The van der Waals surface area contributed by atoms with Crippen LogP contribution in [0.15, 0.2) is 40.3 Å². The van der Waals surface area contributed by atoms with E-state index in [1.54, 1.807) is 13.1 Å². The van der Waals surface area contributed by atoms with Crippen molar-refractivity contribution in [2.24, 2.45) is 0 Å². The molecule has 148 valence electrons. The molecule has 0 radical (unpaired) electrons. The molecule has 0 saturated carbocycles. The number of nitriles is 1. The first-order chi connectivity index (χ1) is 13.9. The van der Waals surface area contributed by atoms with Crippen LogP contribution in [0, 0.1) is 18.3 Å². The van der Waals surface area contributed by atoms with Crippen molar-refractivity contribution in [3.05, 3.63) is 63.1 Å². The second-order valence-electron chi connectivity index (χ2n) is 6.40. The number of ketones is 1. The van der Waals surface area contributed by atoms with Crippen molar-refractivity contribution in [1.82, 2.24) is 9.97 Å². The highest BCUT2D eigenvalue weighted by Crippen LogP contribution is 2.23. The number of aryl methyl sites for hydroxylation is 2. The number of hydrogen-bond acceptors (Lipinski definition) is 6. The van der Waals surface area contributed by atoms with E-state index in [2.05, 4.69) is 9.97 Å². The molecule has 7 nitrogen and oxygen atoms in total. The fourth-order valence-corrected chi connectivity index (χ4v) is 3.91. The number of para-hydroxylation sites is 1. The number of fused-ring (bicyclic) bond motifs is 1. The normalized spacial score (nSPS) is 10.7. The fourth-order valence-electron chi connectivity index (χ4n) is 3.04. The van der Waals surface area contributed by atoms with Crippen LogP contribution in [0.4, 0.5) is 0 Å². The molecule has 8 heteroatoms. The number of nitrogens with zero attached hydrogens (tertiary/aromatic N) is 1. The second-order valence-corrected chi connectivity index (χ2v) is 7.39. The van der Waals surface area contributed by atoms with Crippen LogP contribution >= 0.6 is 11.8 Å². The van der Waals surface area contributed by atoms with E-state index in [4.69, 9.17) is 4.74 Å². The molecule has 2 heterocycles. The van der Waals surface area contributed by atoms with E-state index in [0.717, 1.165) is 34.6 Å². The molecule has 3 rings (SSSR count). The molecular formula is C21H19N3O4S. The third kappa shape index (κ3) is 4.41. The number of rotatable bonds is 7. The average Bonchev–Trinajstić information content (AvgIpc) is 3.14. The highest BCUT2D eigenvalue weighted by atomic mass is 32.2. The number of H-pyrrole nitrogens is 2. The molecule has 2 aromatic heterocycles. The standard InChI is InChI=1S/C21H19N3O4S/c1-3-13-5-4-6-14-16(9-23-20(13)14)17(25)10-28-19(27)11-29-21-15(8-22)12(2)7-18(26)24-21/h4-7,9,23H,3,10-11H2,1-2H3,(H,24,26). The van der Waals surface area contributed by atoms with Crippen LogP contribution in [0.2, 0.25) is 0 Å². The Morgan fingerprint density at radius 2 is 2.10 bits per heavy atom. The summed E-state index contributed by atoms with van der Waals surface area (Å²) >= 11 is 0.995. The number of hydrogen-bond donors (Lipinski definition) is 2. The number of aromatic amines is 2. The van der Waals surface area contributed by atoms with Crippen LogP contribution in [-0.4, -0.2) is 34.1 Å². The molecule has 0 spiro atoms. The topological polar surface area (TPSA) is 116 Å². The highest BCUT2D eigenvalue weighted by molar-refractivity contribution is 7.99. The number of pyridine rings is 1. The van der Waals surface area contributed by atoms with Gasteiger partial charge in [-0.1, -0.05) is 36.9 Å². The van der Waals surface area contributed by atoms with Gasteiger partial charge in [0.05, 0.1) is 16.3 Å². The van der Waals surface area contributed by atoms with Gasteiger partial charge in [-0.25, -0.2) is 0 Å².